The van der Waals surface area contributed by atoms with Crippen molar-refractivity contribution in [3.05, 3.63) is 31.6 Å². The number of benzene rings is 1. The molecule has 2 rings (SSSR count). The fourth-order valence-corrected chi connectivity index (χ4v) is 2.71. The van der Waals surface area contributed by atoms with Gasteiger partial charge in [-0.05, 0) is 41.0 Å². The Hall–Kier alpha value is -1.73. The number of phenolic OH excluding ortho intramolecular Hbond substituents is 1. The summed E-state index contributed by atoms with van der Waals surface area (Å²) in [7, 11) is 1.43. The first-order valence-electron chi connectivity index (χ1n) is 5.67. The van der Waals surface area contributed by atoms with Crippen LogP contribution < -0.4 is 10.3 Å². The van der Waals surface area contributed by atoms with Crippen molar-refractivity contribution in [3.63, 3.8) is 0 Å². The number of aromatic amines is 1. The summed E-state index contributed by atoms with van der Waals surface area (Å²) >= 11 is 3.21. The van der Waals surface area contributed by atoms with Crippen molar-refractivity contribution in [2.75, 3.05) is 13.4 Å². The molecule has 0 aliphatic rings. The van der Waals surface area contributed by atoms with E-state index in [1.807, 2.05) is 28.7 Å². The minimum absolute atomic E-state index is 0.00953. The van der Waals surface area contributed by atoms with E-state index < -0.39 is 5.56 Å². The van der Waals surface area contributed by atoms with Gasteiger partial charge in [0.1, 0.15) is 11.6 Å². The third-order valence-corrected chi connectivity index (χ3v) is 4.13. The number of phenols is 1. The second kappa shape index (κ2) is 6.36. The zero-order valence-electron chi connectivity index (χ0n) is 11.1. The van der Waals surface area contributed by atoms with Gasteiger partial charge in [-0.25, -0.2) is 4.98 Å². The number of nitrogens with zero attached hydrogens (tertiary/aromatic N) is 2. The minimum atomic E-state index is -0.492. The van der Waals surface area contributed by atoms with Crippen LogP contribution in [0.1, 0.15) is 5.56 Å². The Balaban J connectivity index is 2.78. The van der Waals surface area contributed by atoms with Crippen molar-refractivity contribution < 1.29 is 9.84 Å². The predicted molar refractivity (Wildman–Crippen MR) is 87.7 cm³/mol. The lowest BCUT2D eigenvalue weighted by Crippen LogP contribution is -2.14. The van der Waals surface area contributed by atoms with Crippen LogP contribution in [0.25, 0.3) is 11.3 Å². The topological polar surface area (TPSA) is 99.0 Å². The van der Waals surface area contributed by atoms with Crippen LogP contribution in [0.5, 0.6) is 11.5 Å². The molecule has 1 aromatic heterocycles. The van der Waals surface area contributed by atoms with Gasteiger partial charge in [0, 0.05) is 5.56 Å². The molecular formula is C13H10IN3O3S. The summed E-state index contributed by atoms with van der Waals surface area (Å²) in [6.07, 6.45) is 1.77. The van der Waals surface area contributed by atoms with Crippen LogP contribution in [-0.4, -0.2) is 28.4 Å². The van der Waals surface area contributed by atoms with Gasteiger partial charge >= 0.3 is 0 Å². The molecule has 21 heavy (non-hydrogen) atoms. The number of hydrogen-bond donors (Lipinski definition) is 2. The van der Waals surface area contributed by atoms with Crippen LogP contribution in [0.2, 0.25) is 0 Å². The molecule has 0 bridgehead atoms. The standard InChI is InChI=1S/C13H10IN3O3S/c1-20-9-4-6(3-8(14)11(9)18)10-7(5-15)12(19)17-13(16-10)21-2/h3-4,18H,1-2H3,(H,16,17,19). The molecule has 0 unspecified atom stereocenters. The number of H-pyrrole nitrogens is 1. The summed E-state index contributed by atoms with van der Waals surface area (Å²) in [4.78, 5) is 18.7. The first-order valence-corrected chi connectivity index (χ1v) is 7.97. The highest BCUT2D eigenvalue weighted by Crippen LogP contribution is 2.36. The van der Waals surface area contributed by atoms with E-state index >= 15 is 0 Å². The van der Waals surface area contributed by atoms with E-state index in [-0.39, 0.29) is 22.8 Å². The predicted octanol–water partition coefficient (Wildman–Crippen LogP) is 2.35. The number of nitrogens with one attached hydrogen (secondary N) is 1. The maximum Gasteiger partial charge on any atom is 0.270 e. The van der Waals surface area contributed by atoms with Gasteiger partial charge in [0.2, 0.25) is 0 Å². The molecule has 1 heterocycles. The van der Waals surface area contributed by atoms with Crippen LogP contribution in [0, 0.1) is 14.9 Å². The number of ether oxygens (including phenoxy) is 1. The van der Waals surface area contributed by atoms with E-state index in [4.69, 9.17) is 4.74 Å². The smallest absolute Gasteiger partial charge is 0.270 e. The number of aromatic hydroxyl groups is 1. The molecule has 2 aromatic rings. The number of nitriles is 1. The molecule has 0 fully saturated rings. The Morgan fingerprint density at radius 1 is 1.52 bits per heavy atom. The van der Waals surface area contributed by atoms with Crippen LogP contribution in [0.4, 0.5) is 0 Å². The third-order valence-electron chi connectivity index (χ3n) is 2.72. The Bertz CT molecular complexity index is 798. The van der Waals surface area contributed by atoms with Gasteiger partial charge in [-0.1, -0.05) is 11.8 Å². The van der Waals surface area contributed by atoms with Crippen molar-refractivity contribution in [3.8, 4) is 28.8 Å². The lowest BCUT2D eigenvalue weighted by atomic mass is 10.1. The Labute approximate surface area is 138 Å². The summed E-state index contributed by atoms with van der Waals surface area (Å²) in [5.74, 6) is 0.267. The maximum absolute atomic E-state index is 11.9. The van der Waals surface area contributed by atoms with Crippen molar-refractivity contribution in [2.24, 2.45) is 0 Å². The molecule has 0 aliphatic carbocycles. The van der Waals surface area contributed by atoms with Gasteiger partial charge < -0.3 is 14.8 Å². The number of halogens is 1. The quantitative estimate of drug-likeness (QED) is 0.454. The minimum Gasteiger partial charge on any atom is -0.504 e. The van der Waals surface area contributed by atoms with E-state index in [1.165, 1.54) is 18.9 Å². The second-order valence-corrected chi connectivity index (χ2v) is 5.88. The molecule has 0 spiro atoms. The Kier molecular flexibility index (Phi) is 4.74. The maximum atomic E-state index is 11.9. The second-order valence-electron chi connectivity index (χ2n) is 3.92. The third kappa shape index (κ3) is 2.98. The van der Waals surface area contributed by atoms with Crippen molar-refractivity contribution in [1.82, 2.24) is 9.97 Å². The SMILES string of the molecule is COc1cc(-c2nc(SC)[nH]c(=O)c2C#N)cc(I)c1O. The van der Waals surface area contributed by atoms with Gasteiger partial charge in [-0.2, -0.15) is 5.26 Å². The first kappa shape index (κ1) is 15.7. The molecule has 1 aromatic carbocycles. The van der Waals surface area contributed by atoms with Crippen molar-refractivity contribution in [2.45, 2.75) is 5.16 Å². The van der Waals surface area contributed by atoms with Gasteiger partial charge in [-0.15, -0.1) is 0 Å². The zero-order valence-corrected chi connectivity index (χ0v) is 14.1. The number of aromatic nitrogens is 2. The van der Waals surface area contributed by atoms with E-state index in [0.717, 1.165) is 0 Å². The van der Waals surface area contributed by atoms with E-state index in [1.54, 1.807) is 18.4 Å². The van der Waals surface area contributed by atoms with Crippen LogP contribution in [0.3, 0.4) is 0 Å². The van der Waals surface area contributed by atoms with Gasteiger partial charge in [0.15, 0.2) is 16.7 Å². The molecule has 0 saturated heterocycles. The molecule has 6 nitrogen and oxygen atoms in total. The van der Waals surface area contributed by atoms with Crippen molar-refractivity contribution >= 4 is 34.4 Å². The number of thioether (sulfide) groups is 1. The summed E-state index contributed by atoms with van der Waals surface area (Å²) in [6.45, 7) is 0. The molecule has 2 N–H and O–H groups in total. The van der Waals surface area contributed by atoms with Gasteiger partial charge in [-0.3, -0.25) is 4.79 Å². The van der Waals surface area contributed by atoms with Gasteiger partial charge in [0.25, 0.3) is 5.56 Å². The van der Waals surface area contributed by atoms with Crippen LogP contribution in [0.15, 0.2) is 22.1 Å². The molecular weight excluding hydrogens is 405 g/mol. The highest BCUT2D eigenvalue weighted by Gasteiger charge is 2.17. The molecule has 0 radical (unpaired) electrons. The van der Waals surface area contributed by atoms with Crippen LogP contribution in [-0.2, 0) is 0 Å². The molecule has 0 aliphatic heterocycles. The van der Waals surface area contributed by atoms with E-state index in [0.29, 0.717) is 14.3 Å². The Morgan fingerprint density at radius 2 is 2.24 bits per heavy atom. The summed E-state index contributed by atoms with van der Waals surface area (Å²) in [5.41, 5.74) is 0.235. The molecule has 108 valence electrons. The number of methoxy groups -OCH3 is 1. The fraction of sp³-hybridized carbons (Fsp3) is 0.154. The number of hydrogen-bond acceptors (Lipinski definition) is 6. The van der Waals surface area contributed by atoms with E-state index in [2.05, 4.69) is 9.97 Å². The molecule has 8 heteroatoms. The first-order chi connectivity index (χ1) is 10.0. The normalized spacial score (nSPS) is 10.2. The lowest BCUT2D eigenvalue weighted by molar-refractivity contribution is 0.372. The molecule has 0 amide bonds. The van der Waals surface area contributed by atoms with E-state index in [9.17, 15) is 15.2 Å². The summed E-state index contributed by atoms with van der Waals surface area (Å²) < 4.78 is 5.63. The monoisotopic (exact) mass is 415 g/mol. The summed E-state index contributed by atoms with van der Waals surface area (Å²) in [5, 5.41) is 19.4. The highest BCUT2D eigenvalue weighted by atomic mass is 127. The molecule has 0 saturated carbocycles. The average Bonchev–Trinajstić information content (AvgIpc) is 2.48. The lowest BCUT2D eigenvalue weighted by Gasteiger charge is -2.10. The van der Waals surface area contributed by atoms with Crippen LogP contribution >= 0.6 is 34.4 Å². The summed E-state index contributed by atoms with van der Waals surface area (Å²) in [6, 6.07) is 5.05. The van der Waals surface area contributed by atoms with Gasteiger partial charge in [0.05, 0.1) is 16.4 Å². The highest BCUT2D eigenvalue weighted by molar-refractivity contribution is 14.1. The zero-order chi connectivity index (χ0) is 15.6. The molecule has 0 atom stereocenters. The van der Waals surface area contributed by atoms with Crippen molar-refractivity contribution in [1.29, 1.82) is 5.26 Å². The Morgan fingerprint density at radius 3 is 2.81 bits per heavy atom. The average molecular weight is 415 g/mol. The largest absolute Gasteiger partial charge is 0.504 e. The number of rotatable bonds is 3. The fourth-order valence-electron chi connectivity index (χ4n) is 1.73.